The van der Waals surface area contributed by atoms with E-state index in [9.17, 15) is 0 Å². The van der Waals surface area contributed by atoms with Crippen LogP contribution >= 0.6 is 0 Å². The van der Waals surface area contributed by atoms with Gasteiger partial charge in [-0.05, 0) is 18.6 Å². The van der Waals surface area contributed by atoms with Gasteiger partial charge in [0.05, 0.1) is 26.4 Å². The molecule has 3 heteroatoms. The van der Waals surface area contributed by atoms with Crippen LogP contribution in [0.5, 0.6) is 0 Å². The summed E-state index contributed by atoms with van der Waals surface area (Å²) in [6, 6.07) is 10.1. The molecule has 2 atom stereocenters. The van der Waals surface area contributed by atoms with E-state index in [1.165, 1.54) is 5.56 Å². The molecule has 0 aromatic heterocycles. The van der Waals surface area contributed by atoms with E-state index in [1.54, 1.807) is 7.11 Å². The standard InChI is InChI=1S/C14H18O3/c1-11(14-13(15-2)8-9-16-14)17-10-12-6-4-3-5-7-12/h3-8,11,14H,9-10H2,1-2H3/t11-,14?/m0/s1. The molecule has 92 valence electrons. The maximum Gasteiger partial charge on any atom is 0.140 e. The molecule has 1 heterocycles. The third-order valence-corrected chi connectivity index (χ3v) is 2.86. The summed E-state index contributed by atoms with van der Waals surface area (Å²) >= 11 is 0. The van der Waals surface area contributed by atoms with E-state index in [0.717, 1.165) is 5.76 Å². The fourth-order valence-electron chi connectivity index (χ4n) is 1.89. The van der Waals surface area contributed by atoms with Gasteiger partial charge in [-0.2, -0.15) is 0 Å². The molecule has 2 rings (SSSR count). The van der Waals surface area contributed by atoms with Crippen molar-refractivity contribution >= 4 is 0 Å². The lowest BCUT2D eigenvalue weighted by Crippen LogP contribution is -2.28. The molecular formula is C14H18O3. The largest absolute Gasteiger partial charge is 0.498 e. The van der Waals surface area contributed by atoms with Crippen LogP contribution in [0.3, 0.4) is 0 Å². The highest BCUT2D eigenvalue weighted by Gasteiger charge is 2.27. The minimum absolute atomic E-state index is 0.0103. The molecule has 1 aliphatic heterocycles. The molecule has 0 aliphatic carbocycles. The van der Waals surface area contributed by atoms with Crippen LogP contribution in [0.4, 0.5) is 0 Å². The molecule has 1 unspecified atom stereocenters. The quantitative estimate of drug-likeness (QED) is 0.783. The molecule has 0 saturated carbocycles. The van der Waals surface area contributed by atoms with E-state index < -0.39 is 0 Å². The topological polar surface area (TPSA) is 27.7 Å². The Balaban J connectivity index is 1.85. The Morgan fingerprint density at radius 2 is 2.12 bits per heavy atom. The average molecular weight is 234 g/mol. The average Bonchev–Trinajstić information content (AvgIpc) is 2.85. The fraction of sp³-hybridized carbons (Fsp3) is 0.429. The molecular weight excluding hydrogens is 216 g/mol. The second kappa shape index (κ2) is 5.84. The molecule has 1 aromatic rings. The number of hydrogen-bond acceptors (Lipinski definition) is 3. The van der Waals surface area contributed by atoms with Gasteiger partial charge in [-0.3, -0.25) is 0 Å². The van der Waals surface area contributed by atoms with Gasteiger partial charge in [0, 0.05) is 0 Å². The van der Waals surface area contributed by atoms with Crippen LogP contribution in [0.25, 0.3) is 0 Å². The van der Waals surface area contributed by atoms with Gasteiger partial charge in [-0.1, -0.05) is 30.3 Å². The van der Waals surface area contributed by atoms with Crippen molar-refractivity contribution in [2.24, 2.45) is 0 Å². The molecule has 17 heavy (non-hydrogen) atoms. The summed E-state index contributed by atoms with van der Waals surface area (Å²) in [5, 5.41) is 0. The van der Waals surface area contributed by atoms with Crippen molar-refractivity contribution in [1.82, 2.24) is 0 Å². The summed E-state index contributed by atoms with van der Waals surface area (Å²) in [4.78, 5) is 0. The highest BCUT2D eigenvalue weighted by atomic mass is 16.6. The SMILES string of the molecule is COC1=CCOC1[C@H](C)OCc1ccccc1. The first-order valence-electron chi connectivity index (χ1n) is 5.82. The maximum absolute atomic E-state index is 5.80. The lowest BCUT2D eigenvalue weighted by atomic mass is 10.2. The van der Waals surface area contributed by atoms with Crippen molar-refractivity contribution in [3.8, 4) is 0 Å². The zero-order valence-corrected chi connectivity index (χ0v) is 10.3. The number of ether oxygens (including phenoxy) is 3. The van der Waals surface area contributed by atoms with E-state index in [-0.39, 0.29) is 12.2 Å². The van der Waals surface area contributed by atoms with Gasteiger partial charge in [-0.15, -0.1) is 0 Å². The zero-order valence-electron chi connectivity index (χ0n) is 10.3. The zero-order chi connectivity index (χ0) is 12.1. The second-order valence-corrected chi connectivity index (χ2v) is 4.07. The van der Waals surface area contributed by atoms with E-state index >= 15 is 0 Å². The van der Waals surface area contributed by atoms with Gasteiger partial charge in [0.15, 0.2) is 0 Å². The Hall–Kier alpha value is -1.32. The Morgan fingerprint density at radius 3 is 2.82 bits per heavy atom. The second-order valence-electron chi connectivity index (χ2n) is 4.07. The minimum Gasteiger partial charge on any atom is -0.498 e. The number of methoxy groups -OCH3 is 1. The third kappa shape index (κ3) is 3.08. The molecule has 1 aromatic carbocycles. The monoisotopic (exact) mass is 234 g/mol. The molecule has 0 bridgehead atoms. The fourth-order valence-corrected chi connectivity index (χ4v) is 1.89. The van der Waals surface area contributed by atoms with Crippen LogP contribution in [0.2, 0.25) is 0 Å². The Bertz CT molecular complexity index is 372. The van der Waals surface area contributed by atoms with Crippen LogP contribution < -0.4 is 0 Å². The van der Waals surface area contributed by atoms with Gasteiger partial charge in [0.25, 0.3) is 0 Å². The van der Waals surface area contributed by atoms with Gasteiger partial charge >= 0.3 is 0 Å². The maximum atomic E-state index is 5.80. The molecule has 0 amide bonds. The third-order valence-electron chi connectivity index (χ3n) is 2.86. The molecule has 0 saturated heterocycles. The van der Waals surface area contributed by atoms with E-state index in [1.807, 2.05) is 31.2 Å². The number of benzene rings is 1. The van der Waals surface area contributed by atoms with E-state index in [4.69, 9.17) is 14.2 Å². The Labute approximate surface area is 102 Å². The molecule has 0 fully saturated rings. The predicted molar refractivity (Wildman–Crippen MR) is 65.5 cm³/mol. The first-order valence-corrected chi connectivity index (χ1v) is 5.82. The van der Waals surface area contributed by atoms with Gasteiger partial charge < -0.3 is 14.2 Å². The smallest absolute Gasteiger partial charge is 0.140 e. The molecule has 0 radical (unpaired) electrons. The summed E-state index contributed by atoms with van der Waals surface area (Å²) in [6.07, 6.45) is 1.86. The summed E-state index contributed by atoms with van der Waals surface area (Å²) in [5.41, 5.74) is 1.17. The van der Waals surface area contributed by atoms with Crippen molar-refractivity contribution in [2.75, 3.05) is 13.7 Å². The molecule has 3 nitrogen and oxygen atoms in total. The van der Waals surface area contributed by atoms with Gasteiger partial charge in [-0.25, -0.2) is 0 Å². The predicted octanol–water partition coefficient (Wildman–Crippen LogP) is 2.52. The van der Waals surface area contributed by atoms with Crippen LogP contribution in [-0.2, 0) is 20.8 Å². The van der Waals surface area contributed by atoms with Crippen molar-refractivity contribution in [3.05, 3.63) is 47.7 Å². The lowest BCUT2D eigenvalue weighted by molar-refractivity contribution is -0.0527. The van der Waals surface area contributed by atoms with Crippen LogP contribution in [-0.4, -0.2) is 25.9 Å². The highest BCUT2D eigenvalue weighted by Crippen LogP contribution is 2.20. The first kappa shape index (κ1) is 12.1. The summed E-state index contributed by atoms with van der Waals surface area (Å²) in [6.45, 7) is 3.21. The van der Waals surface area contributed by atoms with Crippen molar-refractivity contribution in [3.63, 3.8) is 0 Å². The van der Waals surface area contributed by atoms with Crippen LogP contribution in [0.1, 0.15) is 12.5 Å². The summed E-state index contributed by atoms with van der Waals surface area (Å²) in [7, 11) is 1.66. The normalized spacial score (nSPS) is 21.1. The Morgan fingerprint density at radius 1 is 1.35 bits per heavy atom. The van der Waals surface area contributed by atoms with Crippen molar-refractivity contribution in [1.29, 1.82) is 0 Å². The Kier molecular flexibility index (Phi) is 4.18. The number of rotatable bonds is 5. The minimum atomic E-state index is -0.0799. The number of hydrogen-bond donors (Lipinski definition) is 0. The van der Waals surface area contributed by atoms with Crippen LogP contribution in [0, 0.1) is 0 Å². The lowest BCUT2D eigenvalue weighted by Gasteiger charge is -2.21. The summed E-state index contributed by atoms with van der Waals surface area (Å²) in [5.74, 6) is 0.866. The van der Waals surface area contributed by atoms with E-state index in [0.29, 0.717) is 13.2 Å². The van der Waals surface area contributed by atoms with Crippen molar-refractivity contribution < 1.29 is 14.2 Å². The molecule has 0 N–H and O–H groups in total. The first-order chi connectivity index (χ1) is 8.31. The van der Waals surface area contributed by atoms with Crippen LogP contribution in [0.15, 0.2) is 42.2 Å². The van der Waals surface area contributed by atoms with E-state index in [2.05, 4.69) is 12.1 Å². The molecule has 1 aliphatic rings. The van der Waals surface area contributed by atoms with Crippen molar-refractivity contribution in [2.45, 2.75) is 25.7 Å². The van der Waals surface area contributed by atoms with Gasteiger partial charge in [0.1, 0.15) is 11.9 Å². The van der Waals surface area contributed by atoms with Gasteiger partial charge in [0.2, 0.25) is 0 Å². The molecule has 0 spiro atoms. The summed E-state index contributed by atoms with van der Waals surface area (Å²) < 4.78 is 16.6. The highest BCUT2D eigenvalue weighted by molar-refractivity contribution is 5.14.